The second-order valence-electron chi connectivity index (χ2n) is 6.16. The van der Waals surface area contributed by atoms with Crippen LogP contribution >= 0.6 is 15.9 Å². The number of nitrogens with one attached hydrogen (secondary N) is 1. The Labute approximate surface area is 161 Å². The lowest BCUT2D eigenvalue weighted by atomic mass is 10.1. The smallest absolute Gasteiger partial charge is 0.317 e. The van der Waals surface area contributed by atoms with Gasteiger partial charge in [0.2, 0.25) is 0 Å². The van der Waals surface area contributed by atoms with Gasteiger partial charge in [-0.15, -0.1) is 0 Å². The summed E-state index contributed by atoms with van der Waals surface area (Å²) >= 11 is 3.42. The van der Waals surface area contributed by atoms with E-state index in [1.54, 1.807) is 18.1 Å². The Bertz CT molecular complexity index is 847. The molecule has 0 atom stereocenters. The zero-order valence-corrected chi connectivity index (χ0v) is 16.2. The third-order valence-corrected chi connectivity index (χ3v) is 4.55. The molecule has 0 saturated carbocycles. The van der Waals surface area contributed by atoms with Crippen molar-refractivity contribution in [1.82, 2.24) is 20.0 Å². The number of halogens is 1. The monoisotopic (exact) mass is 412 g/mol. The Balaban J connectivity index is 1.52. The molecule has 0 unspecified atom stereocenters. The van der Waals surface area contributed by atoms with Gasteiger partial charge in [0.25, 0.3) is 0 Å². The van der Waals surface area contributed by atoms with Gasteiger partial charge >= 0.3 is 6.03 Å². The normalized spacial score (nSPS) is 10.5. The molecule has 0 aliphatic carbocycles. The molecule has 1 heterocycles. The molecule has 5 nitrogen and oxygen atoms in total. The fourth-order valence-electron chi connectivity index (χ4n) is 2.67. The highest BCUT2D eigenvalue weighted by Gasteiger charge is 2.09. The van der Waals surface area contributed by atoms with Gasteiger partial charge in [-0.05, 0) is 34.9 Å². The summed E-state index contributed by atoms with van der Waals surface area (Å²) in [4.78, 5) is 14.0. The van der Waals surface area contributed by atoms with E-state index in [0.717, 1.165) is 27.7 Å². The number of carbonyl (C=O) groups excluding carboxylic acids is 1. The van der Waals surface area contributed by atoms with Crippen molar-refractivity contribution in [2.24, 2.45) is 0 Å². The number of hydrogen-bond donors (Lipinski definition) is 1. The summed E-state index contributed by atoms with van der Waals surface area (Å²) in [6.45, 7) is 1.78. The Morgan fingerprint density at radius 2 is 1.88 bits per heavy atom. The van der Waals surface area contributed by atoms with Crippen LogP contribution in [-0.4, -0.2) is 27.8 Å². The molecule has 3 aromatic rings. The minimum absolute atomic E-state index is 0.0922. The molecule has 3 rings (SSSR count). The summed E-state index contributed by atoms with van der Waals surface area (Å²) in [6, 6.07) is 18.0. The number of carbonyl (C=O) groups is 1. The SMILES string of the molecule is CN(Cc1ccc(Br)cc1)C(=O)NCc1cccc(Cn2cccn2)c1. The van der Waals surface area contributed by atoms with Crippen molar-refractivity contribution >= 4 is 22.0 Å². The van der Waals surface area contributed by atoms with Gasteiger partial charge in [-0.25, -0.2) is 4.79 Å². The first-order chi connectivity index (χ1) is 12.6. The van der Waals surface area contributed by atoms with Crippen LogP contribution in [-0.2, 0) is 19.6 Å². The predicted molar refractivity (Wildman–Crippen MR) is 106 cm³/mol. The first-order valence-electron chi connectivity index (χ1n) is 8.39. The Morgan fingerprint density at radius 3 is 2.62 bits per heavy atom. The lowest BCUT2D eigenvalue weighted by molar-refractivity contribution is 0.206. The average molecular weight is 413 g/mol. The molecule has 6 heteroatoms. The van der Waals surface area contributed by atoms with Crippen molar-refractivity contribution in [2.45, 2.75) is 19.6 Å². The van der Waals surface area contributed by atoms with Crippen molar-refractivity contribution in [3.8, 4) is 0 Å². The minimum atomic E-state index is -0.0922. The lowest BCUT2D eigenvalue weighted by Crippen LogP contribution is -2.36. The molecule has 1 aromatic heterocycles. The van der Waals surface area contributed by atoms with Crippen LogP contribution in [0.25, 0.3) is 0 Å². The van der Waals surface area contributed by atoms with Crippen LogP contribution in [0.5, 0.6) is 0 Å². The second-order valence-corrected chi connectivity index (χ2v) is 7.08. The van der Waals surface area contributed by atoms with Crippen molar-refractivity contribution in [3.05, 3.63) is 88.2 Å². The Kier molecular flexibility index (Phi) is 6.07. The molecule has 134 valence electrons. The Hall–Kier alpha value is -2.60. The van der Waals surface area contributed by atoms with E-state index in [1.807, 2.05) is 53.3 Å². The van der Waals surface area contributed by atoms with Gasteiger partial charge in [-0.1, -0.05) is 52.3 Å². The first-order valence-corrected chi connectivity index (χ1v) is 9.18. The summed E-state index contributed by atoms with van der Waals surface area (Å²) in [6.07, 6.45) is 3.71. The highest BCUT2D eigenvalue weighted by Crippen LogP contribution is 2.12. The lowest BCUT2D eigenvalue weighted by Gasteiger charge is -2.18. The minimum Gasteiger partial charge on any atom is -0.334 e. The van der Waals surface area contributed by atoms with Crippen LogP contribution in [0.15, 0.2) is 71.5 Å². The molecule has 0 spiro atoms. The van der Waals surface area contributed by atoms with Gasteiger partial charge in [-0.2, -0.15) is 5.10 Å². The van der Waals surface area contributed by atoms with Crippen LogP contribution < -0.4 is 5.32 Å². The number of hydrogen-bond acceptors (Lipinski definition) is 2. The van der Waals surface area contributed by atoms with Crippen molar-refractivity contribution in [1.29, 1.82) is 0 Å². The largest absolute Gasteiger partial charge is 0.334 e. The molecule has 26 heavy (non-hydrogen) atoms. The van der Waals surface area contributed by atoms with Crippen LogP contribution in [0.3, 0.4) is 0 Å². The molecule has 0 aliphatic rings. The fraction of sp³-hybridized carbons (Fsp3) is 0.200. The third kappa shape index (κ3) is 5.20. The summed E-state index contributed by atoms with van der Waals surface area (Å²) in [7, 11) is 1.80. The number of aromatic nitrogens is 2. The van der Waals surface area contributed by atoms with E-state index in [2.05, 4.69) is 38.5 Å². The molecule has 0 radical (unpaired) electrons. The molecule has 2 amide bonds. The zero-order chi connectivity index (χ0) is 18.4. The zero-order valence-electron chi connectivity index (χ0n) is 14.6. The fourth-order valence-corrected chi connectivity index (χ4v) is 2.93. The number of benzene rings is 2. The summed E-state index contributed by atoms with van der Waals surface area (Å²) in [5.74, 6) is 0. The van der Waals surface area contributed by atoms with E-state index >= 15 is 0 Å². The first kappa shape index (κ1) is 18.2. The van der Waals surface area contributed by atoms with Crippen molar-refractivity contribution in [3.63, 3.8) is 0 Å². The van der Waals surface area contributed by atoms with E-state index in [4.69, 9.17) is 0 Å². The quantitative estimate of drug-likeness (QED) is 0.663. The number of amides is 2. The van der Waals surface area contributed by atoms with Crippen LogP contribution in [0, 0.1) is 0 Å². The number of rotatable bonds is 6. The van der Waals surface area contributed by atoms with Crippen molar-refractivity contribution < 1.29 is 4.79 Å². The maximum atomic E-state index is 12.3. The van der Waals surface area contributed by atoms with E-state index in [1.165, 1.54) is 0 Å². The highest BCUT2D eigenvalue weighted by molar-refractivity contribution is 9.10. The summed E-state index contributed by atoms with van der Waals surface area (Å²) < 4.78 is 2.91. The van der Waals surface area contributed by atoms with Gasteiger partial charge in [0.1, 0.15) is 0 Å². The van der Waals surface area contributed by atoms with Crippen molar-refractivity contribution in [2.75, 3.05) is 7.05 Å². The summed E-state index contributed by atoms with van der Waals surface area (Å²) in [5.41, 5.74) is 3.32. The Morgan fingerprint density at radius 1 is 1.12 bits per heavy atom. The predicted octanol–water partition coefficient (Wildman–Crippen LogP) is 4.04. The molecular formula is C20H21BrN4O. The van der Waals surface area contributed by atoms with Gasteiger partial charge in [-0.3, -0.25) is 4.68 Å². The van der Waals surface area contributed by atoms with Gasteiger partial charge in [0.05, 0.1) is 6.54 Å². The molecule has 0 fully saturated rings. The van der Waals surface area contributed by atoms with Crippen LogP contribution in [0.2, 0.25) is 0 Å². The number of nitrogens with zero attached hydrogens (tertiary/aromatic N) is 3. The van der Waals surface area contributed by atoms with E-state index < -0.39 is 0 Å². The van der Waals surface area contributed by atoms with E-state index in [0.29, 0.717) is 13.1 Å². The molecule has 1 N–H and O–H groups in total. The molecule has 0 saturated heterocycles. The standard InChI is InChI=1S/C20H21BrN4O/c1-24(14-16-6-8-19(21)9-7-16)20(26)22-13-17-4-2-5-18(12-17)15-25-11-3-10-23-25/h2-12H,13-15H2,1H3,(H,22,26). The maximum absolute atomic E-state index is 12.3. The summed E-state index contributed by atoms with van der Waals surface area (Å²) in [5, 5.41) is 7.19. The average Bonchev–Trinajstić information content (AvgIpc) is 3.15. The van der Waals surface area contributed by atoms with Gasteiger partial charge in [0, 0.05) is 37.0 Å². The second kappa shape index (κ2) is 8.67. The molecule has 0 aliphatic heterocycles. The highest BCUT2D eigenvalue weighted by atomic mass is 79.9. The molecule has 2 aromatic carbocycles. The molecule has 0 bridgehead atoms. The molecular weight excluding hydrogens is 392 g/mol. The number of urea groups is 1. The third-order valence-electron chi connectivity index (χ3n) is 4.02. The topological polar surface area (TPSA) is 50.2 Å². The van der Waals surface area contributed by atoms with E-state index in [-0.39, 0.29) is 6.03 Å². The maximum Gasteiger partial charge on any atom is 0.317 e. The van der Waals surface area contributed by atoms with Crippen LogP contribution in [0.1, 0.15) is 16.7 Å². The van der Waals surface area contributed by atoms with E-state index in [9.17, 15) is 4.79 Å². The van der Waals surface area contributed by atoms with Gasteiger partial charge < -0.3 is 10.2 Å². The van der Waals surface area contributed by atoms with Gasteiger partial charge in [0.15, 0.2) is 0 Å². The van der Waals surface area contributed by atoms with Crippen LogP contribution in [0.4, 0.5) is 4.79 Å².